The first kappa shape index (κ1) is 19.6. The van der Waals surface area contributed by atoms with Crippen molar-refractivity contribution in [1.29, 1.82) is 0 Å². The van der Waals surface area contributed by atoms with Crippen LogP contribution in [0.25, 0.3) is 0 Å². The minimum atomic E-state index is -0.615. The highest BCUT2D eigenvalue weighted by Crippen LogP contribution is 2.17. The van der Waals surface area contributed by atoms with Crippen LogP contribution < -0.4 is 0 Å². The van der Waals surface area contributed by atoms with Gasteiger partial charge in [-0.2, -0.15) is 0 Å². The van der Waals surface area contributed by atoms with E-state index in [1.165, 1.54) is 6.08 Å². The zero-order valence-corrected chi connectivity index (χ0v) is 14.7. The fourth-order valence-electron chi connectivity index (χ4n) is 1.42. The number of carbonyl (C=O) groups excluding carboxylic acids is 2. The Morgan fingerprint density at radius 1 is 0.952 bits per heavy atom. The van der Waals surface area contributed by atoms with Gasteiger partial charge in [-0.15, -0.1) is 0 Å². The maximum absolute atomic E-state index is 12.3. The van der Waals surface area contributed by atoms with Crippen LogP contribution in [0.2, 0.25) is 0 Å². The van der Waals surface area contributed by atoms with Crippen molar-refractivity contribution in [2.45, 2.75) is 65.7 Å². The lowest BCUT2D eigenvalue weighted by molar-refractivity contribution is -0.153. The predicted octanol–water partition coefficient (Wildman–Crippen LogP) is 2.55. The summed E-state index contributed by atoms with van der Waals surface area (Å²) < 4.78 is 10.6. The quantitative estimate of drug-likeness (QED) is 0.590. The van der Waals surface area contributed by atoms with E-state index in [0.29, 0.717) is 0 Å². The number of hydrogen-bond acceptors (Lipinski definition) is 5. The zero-order valence-electron chi connectivity index (χ0n) is 14.7. The maximum Gasteiger partial charge on any atom is 0.336 e. The van der Waals surface area contributed by atoms with Crippen LogP contribution in [-0.4, -0.2) is 48.2 Å². The highest BCUT2D eigenvalue weighted by atomic mass is 16.6. The Kier molecular flexibility index (Phi) is 6.61. The van der Waals surface area contributed by atoms with Crippen LogP contribution in [0.3, 0.4) is 0 Å². The summed E-state index contributed by atoms with van der Waals surface area (Å²) in [6.45, 7) is 12.5. The molecule has 0 aliphatic heterocycles. The first-order valence-electron chi connectivity index (χ1n) is 7.07. The largest absolute Gasteiger partial charge is 0.457 e. The molecule has 5 nitrogen and oxygen atoms in total. The molecule has 0 N–H and O–H groups in total. The van der Waals surface area contributed by atoms with E-state index in [1.54, 1.807) is 41.5 Å². The van der Waals surface area contributed by atoms with E-state index in [2.05, 4.69) is 0 Å². The van der Waals surface area contributed by atoms with Crippen LogP contribution in [0.5, 0.6) is 0 Å². The Morgan fingerprint density at radius 3 is 1.71 bits per heavy atom. The summed E-state index contributed by atoms with van der Waals surface area (Å²) in [5.41, 5.74) is -0.936. The van der Waals surface area contributed by atoms with Gasteiger partial charge in [0.1, 0.15) is 11.2 Å². The molecule has 0 amide bonds. The van der Waals surface area contributed by atoms with Crippen molar-refractivity contribution < 1.29 is 19.1 Å². The monoisotopic (exact) mass is 299 g/mol. The predicted molar refractivity (Wildman–Crippen MR) is 82.9 cm³/mol. The first-order chi connectivity index (χ1) is 9.23. The van der Waals surface area contributed by atoms with Crippen LogP contribution in [0.1, 0.15) is 48.5 Å². The van der Waals surface area contributed by atoms with E-state index >= 15 is 0 Å². The van der Waals surface area contributed by atoms with Gasteiger partial charge in [-0.25, -0.2) is 9.59 Å². The molecule has 0 aliphatic carbocycles. The van der Waals surface area contributed by atoms with Crippen LogP contribution in [0.15, 0.2) is 11.6 Å². The number of carbonyl (C=O) groups is 2. The number of rotatable bonds is 4. The van der Waals surface area contributed by atoms with Crippen molar-refractivity contribution in [3.63, 3.8) is 0 Å². The van der Waals surface area contributed by atoms with Crippen molar-refractivity contribution >= 4 is 11.9 Å². The van der Waals surface area contributed by atoms with Crippen LogP contribution in [0, 0.1) is 0 Å². The number of nitrogens with zero attached hydrogens (tertiary/aromatic N) is 1. The summed E-state index contributed by atoms with van der Waals surface area (Å²) in [6.07, 6.45) is 1.23. The number of hydrogen-bond donors (Lipinski definition) is 0. The van der Waals surface area contributed by atoms with Crippen LogP contribution in [0.4, 0.5) is 0 Å². The lowest BCUT2D eigenvalue weighted by Crippen LogP contribution is -2.35. The van der Waals surface area contributed by atoms with Gasteiger partial charge in [0.2, 0.25) is 0 Å². The minimum Gasteiger partial charge on any atom is -0.457 e. The van der Waals surface area contributed by atoms with Gasteiger partial charge in [0.15, 0.2) is 0 Å². The number of likely N-dealkylation sites (N-methyl/N-ethyl adjacent to an activating group) is 1. The highest BCUT2D eigenvalue weighted by Gasteiger charge is 2.27. The lowest BCUT2D eigenvalue weighted by atomic mass is 10.1. The van der Waals surface area contributed by atoms with Gasteiger partial charge in [-0.1, -0.05) is 0 Å². The molecule has 0 aromatic heterocycles. The smallest absolute Gasteiger partial charge is 0.336 e. The second-order valence-corrected chi connectivity index (χ2v) is 7.27. The Balaban J connectivity index is 5.33. The van der Waals surface area contributed by atoms with Gasteiger partial charge in [0.05, 0.1) is 5.57 Å². The summed E-state index contributed by atoms with van der Waals surface area (Å²) in [5.74, 6) is -1.05. The van der Waals surface area contributed by atoms with E-state index in [4.69, 9.17) is 9.47 Å². The normalized spacial score (nSPS) is 14.9. The van der Waals surface area contributed by atoms with Gasteiger partial charge in [-0.05, 0) is 62.6 Å². The highest BCUT2D eigenvalue weighted by molar-refractivity contribution is 5.97. The summed E-state index contributed by atoms with van der Waals surface area (Å²) in [6, 6.07) is -0.257. The molecule has 0 heterocycles. The molecule has 1 unspecified atom stereocenters. The van der Waals surface area contributed by atoms with Gasteiger partial charge in [0, 0.05) is 12.1 Å². The molecule has 0 aromatic carbocycles. The molecule has 0 bridgehead atoms. The average Bonchev–Trinajstić information content (AvgIpc) is 2.19. The molecular formula is C16H29NO4. The Hall–Kier alpha value is -1.36. The van der Waals surface area contributed by atoms with Crippen molar-refractivity contribution in [3.05, 3.63) is 11.6 Å². The van der Waals surface area contributed by atoms with Crippen molar-refractivity contribution in [2.75, 3.05) is 14.1 Å². The molecule has 0 saturated carbocycles. The molecule has 122 valence electrons. The summed E-state index contributed by atoms with van der Waals surface area (Å²) >= 11 is 0. The second-order valence-electron chi connectivity index (χ2n) is 7.27. The van der Waals surface area contributed by atoms with E-state index in [-0.39, 0.29) is 11.6 Å². The minimum absolute atomic E-state index is 0.257. The topological polar surface area (TPSA) is 55.8 Å². The molecule has 0 radical (unpaired) electrons. The van der Waals surface area contributed by atoms with Crippen molar-refractivity contribution in [1.82, 2.24) is 4.90 Å². The lowest BCUT2D eigenvalue weighted by Gasteiger charge is -2.26. The third kappa shape index (κ3) is 8.50. The molecular weight excluding hydrogens is 270 g/mol. The molecule has 0 rings (SSSR count). The SMILES string of the molecule is CC(/C(=C\C(=O)OC(C)(C)C)C(=O)OC(C)(C)C)N(C)C. The van der Waals surface area contributed by atoms with E-state index in [9.17, 15) is 9.59 Å². The fraction of sp³-hybridized carbons (Fsp3) is 0.750. The summed E-state index contributed by atoms with van der Waals surface area (Å²) in [5, 5.41) is 0. The standard InChI is InChI=1S/C16H29NO4/c1-11(17(8)9)12(14(19)21-16(5,6)7)10-13(18)20-15(2,3)4/h10-11H,1-9H3/b12-10+. The Labute approximate surface area is 128 Å². The molecule has 0 spiro atoms. The zero-order chi connectivity index (χ0) is 17.0. The van der Waals surface area contributed by atoms with E-state index < -0.39 is 23.1 Å². The Morgan fingerprint density at radius 2 is 1.38 bits per heavy atom. The van der Waals surface area contributed by atoms with Crippen LogP contribution in [-0.2, 0) is 19.1 Å². The third-order valence-corrected chi connectivity index (χ3v) is 2.54. The third-order valence-electron chi connectivity index (χ3n) is 2.54. The molecule has 1 atom stereocenters. The number of ether oxygens (including phenoxy) is 2. The fourth-order valence-corrected chi connectivity index (χ4v) is 1.42. The summed E-state index contributed by atoms with van der Waals surface area (Å²) in [7, 11) is 3.66. The van der Waals surface area contributed by atoms with Gasteiger partial charge >= 0.3 is 11.9 Å². The molecule has 21 heavy (non-hydrogen) atoms. The van der Waals surface area contributed by atoms with Crippen molar-refractivity contribution in [3.8, 4) is 0 Å². The maximum atomic E-state index is 12.3. The van der Waals surface area contributed by atoms with Crippen LogP contribution >= 0.6 is 0 Å². The number of esters is 2. The van der Waals surface area contributed by atoms with Gasteiger partial charge < -0.3 is 14.4 Å². The van der Waals surface area contributed by atoms with Gasteiger partial charge in [-0.3, -0.25) is 0 Å². The molecule has 0 saturated heterocycles. The second kappa shape index (κ2) is 7.07. The first-order valence-corrected chi connectivity index (χ1v) is 7.07. The molecule has 0 fully saturated rings. The molecule has 5 heteroatoms. The van der Waals surface area contributed by atoms with E-state index in [0.717, 1.165) is 0 Å². The average molecular weight is 299 g/mol. The molecule has 0 aliphatic rings. The van der Waals surface area contributed by atoms with E-state index in [1.807, 2.05) is 25.9 Å². The Bertz CT molecular complexity index is 411. The molecule has 0 aromatic rings. The summed E-state index contributed by atoms with van der Waals surface area (Å²) in [4.78, 5) is 26.1. The van der Waals surface area contributed by atoms with Crippen molar-refractivity contribution in [2.24, 2.45) is 0 Å². The van der Waals surface area contributed by atoms with Gasteiger partial charge in [0.25, 0.3) is 0 Å².